The number of H-pyrrole nitrogens is 1. The first-order valence-electron chi connectivity index (χ1n) is 3.23. The SMILES string of the molecule is Sc1ccc2[nH]c(I)cc2c1. The van der Waals surface area contributed by atoms with Crippen LogP contribution >= 0.6 is 35.2 Å². The highest BCUT2D eigenvalue weighted by Crippen LogP contribution is 2.19. The number of rotatable bonds is 0. The maximum absolute atomic E-state index is 4.25. The number of hydrogen-bond acceptors (Lipinski definition) is 1. The molecule has 2 aromatic rings. The molecule has 3 heteroatoms. The number of benzene rings is 1. The van der Waals surface area contributed by atoms with Crippen molar-refractivity contribution in [1.29, 1.82) is 0 Å². The predicted molar refractivity (Wildman–Crippen MR) is 58.3 cm³/mol. The molecule has 1 nitrogen and oxygen atoms in total. The maximum atomic E-state index is 4.25. The zero-order valence-corrected chi connectivity index (χ0v) is 8.69. The van der Waals surface area contributed by atoms with Gasteiger partial charge in [0.05, 0.1) is 3.70 Å². The first-order chi connectivity index (χ1) is 5.25. The van der Waals surface area contributed by atoms with Gasteiger partial charge in [-0.2, -0.15) is 0 Å². The Morgan fingerprint density at radius 3 is 2.91 bits per heavy atom. The summed E-state index contributed by atoms with van der Waals surface area (Å²) >= 11 is 6.52. The van der Waals surface area contributed by atoms with Gasteiger partial charge in [0, 0.05) is 15.8 Å². The standard InChI is InChI=1S/C8H6INS/c9-8-4-5-3-6(11)1-2-7(5)10-8/h1-4,10-11H. The Bertz CT molecular complexity index is 394. The number of fused-ring (bicyclic) bond motifs is 1. The van der Waals surface area contributed by atoms with Crippen molar-refractivity contribution in [3.63, 3.8) is 0 Å². The molecule has 56 valence electrons. The molecule has 0 unspecified atom stereocenters. The van der Waals surface area contributed by atoms with Crippen LogP contribution in [-0.2, 0) is 0 Å². The molecule has 2 rings (SSSR count). The van der Waals surface area contributed by atoms with E-state index in [1.807, 2.05) is 12.1 Å². The lowest BCUT2D eigenvalue weighted by Crippen LogP contribution is -1.67. The van der Waals surface area contributed by atoms with E-state index < -0.39 is 0 Å². The largest absolute Gasteiger partial charge is 0.350 e. The summed E-state index contributed by atoms with van der Waals surface area (Å²) in [7, 11) is 0. The van der Waals surface area contributed by atoms with E-state index in [0.29, 0.717) is 0 Å². The van der Waals surface area contributed by atoms with Crippen LogP contribution in [0.1, 0.15) is 0 Å². The van der Waals surface area contributed by atoms with Crippen LogP contribution in [0, 0.1) is 3.70 Å². The summed E-state index contributed by atoms with van der Waals surface area (Å²) in [5, 5.41) is 1.22. The molecule has 1 N–H and O–H groups in total. The fourth-order valence-corrected chi connectivity index (χ4v) is 1.92. The molecule has 0 amide bonds. The Morgan fingerprint density at radius 1 is 1.27 bits per heavy atom. The van der Waals surface area contributed by atoms with E-state index in [4.69, 9.17) is 0 Å². The zero-order valence-electron chi connectivity index (χ0n) is 5.63. The second kappa shape index (κ2) is 2.71. The minimum absolute atomic E-state index is 1.01. The second-order valence-electron chi connectivity index (χ2n) is 2.39. The number of aromatic amines is 1. The molecule has 0 aliphatic heterocycles. The lowest BCUT2D eigenvalue weighted by molar-refractivity contribution is 1.40. The summed E-state index contributed by atoms with van der Waals surface area (Å²) in [5.41, 5.74) is 1.17. The minimum Gasteiger partial charge on any atom is -0.350 e. The maximum Gasteiger partial charge on any atom is 0.0782 e. The third-order valence-corrected chi connectivity index (χ3v) is 2.43. The number of nitrogens with one attached hydrogen (secondary N) is 1. The molecule has 1 heterocycles. The average molecular weight is 275 g/mol. The van der Waals surface area contributed by atoms with Crippen molar-refractivity contribution >= 4 is 46.1 Å². The molecule has 0 aliphatic carbocycles. The highest BCUT2D eigenvalue weighted by molar-refractivity contribution is 14.1. The van der Waals surface area contributed by atoms with E-state index in [-0.39, 0.29) is 0 Å². The molecule has 0 fully saturated rings. The molecule has 1 aromatic heterocycles. The summed E-state index contributed by atoms with van der Waals surface area (Å²) in [6, 6.07) is 8.19. The van der Waals surface area contributed by atoms with Gasteiger partial charge in [-0.15, -0.1) is 12.6 Å². The topological polar surface area (TPSA) is 15.8 Å². The van der Waals surface area contributed by atoms with Gasteiger partial charge in [-0.25, -0.2) is 0 Å². The second-order valence-corrected chi connectivity index (χ2v) is 4.07. The zero-order chi connectivity index (χ0) is 7.84. The van der Waals surface area contributed by atoms with Crippen molar-refractivity contribution in [2.24, 2.45) is 0 Å². The van der Waals surface area contributed by atoms with Crippen LogP contribution in [-0.4, -0.2) is 4.98 Å². The van der Waals surface area contributed by atoms with Gasteiger partial charge in [-0.3, -0.25) is 0 Å². The number of hydrogen-bond donors (Lipinski definition) is 2. The van der Waals surface area contributed by atoms with Gasteiger partial charge in [0.25, 0.3) is 0 Å². The van der Waals surface area contributed by atoms with Crippen LogP contribution in [0.2, 0.25) is 0 Å². The first-order valence-corrected chi connectivity index (χ1v) is 4.75. The Kier molecular flexibility index (Phi) is 1.85. The van der Waals surface area contributed by atoms with E-state index in [1.54, 1.807) is 0 Å². The van der Waals surface area contributed by atoms with Gasteiger partial charge < -0.3 is 4.98 Å². The van der Waals surface area contributed by atoms with Gasteiger partial charge in [-0.1, -0.05) is 0 Å². The summed E-state index contributed by atoms with van der Waals surface area (Å²) in [6.45, 7) is 0. The van der Waals surface area contributed by atoms with Crippen molar-refractivity contribution in [2.45, 2.75) is 4.90 Å². The third-order valence-electron chi connectivity index (χ3n) is 1.57. The van der Waals surface area contributed by atoms with Crippen LogP contribution < -0.4 is 0 Å². The normalized spacial score (nSPS) is 10.7. The summed E-state index contributed by atoms with van der Waals surface area (Å²) in [5.74, 6) is 0. The molecule has 0 aliphatic rings. The van der Waals surface area contributed by atoms with Gasteiger partial charge in [0.1, 0.15) is 0 Å². The van der Waals surface area contributed by atoms with Gasteiger partial charge in [0.2, 0.25) is 0 Å². The Hall–Kier alpha value is -0.160. The van der Waals surface area contributed by atoms with Gasteiger partial charge in [-0.05, 0) is 46.9 Å². The number of aromatic nitrogens is 1. The van der Waals surface area contributed by atoms with Crippen LogP contribution in [0.3, 0.4) is 0 Å². The monoisotopic (exact) mass is 275 g/mol. The third kappa shape index (κ3) is 1.39. The van der Waals surface area contributed by atoms with Gasteiger partial charge in [0.15, 0.2) is 0 Å². The van der Waals surface area contributed by atoms with Crippen molar-refractivity contribution in [3.8, 4) is 0 Å². The first kappa shape index (κ1) is 7.49. The molecule has 0 saturated carbocycles. The molecule has 0 saturated heterocycles. The molecule has 0 spiro atoms. The Morgan fingerprint density at radius 2 is 2.09 bits per heavy atom. The summed E-state index contributed by atoms with van der Waals surface area (Å²) < 4.78 is 1.16. The van der Waals surface area contributed by atoms with Crippen LogP contribution in [0.5, 0.6) is 0 Å². The Balaban J connectivity index is 2.82. The van der Waals surface area contributed by atoms with E-state index in [1.165, 1.54) is 10.9 Å². The summed E-state index contributed by atoms with van der Waals surface area (Å²) in [4.78, 5) is 4.25. The minimum atomic E-state index is 1.01. The van der Waals surface area contributed by atoms with Crippen LogP contribution in [0.4, 0.5) is 0 Å². The average Bonchev–Trinajstić information content (AvgIpc) is 2.27. The molecule has 1 aromatic carbocycles. The molecule has 0 atom stereocenters. The van der Waals surface area contributed by atoms with Crippen molar-refractivity contribution < 1.29 is 0 Å². The summed E-state index contributed by atoms with van der Waals surface area (Å²) in [6.07, 6.45) is 0. The number of thiol groups is 1. The smallest absolute Gasteiger partial charge is 0.0782 e. The molecular weight excluding hydrogens is 269 g/mol. The predicted octanol–water partition coefficient (Wildman–Crippen LogP) is 3.06. The van der Waals surface area contributed by atoms with Crippen LogP contribution in [0.15, 0.2) is 29.2 Å². The lowest BCUT2D eigenvalue weighted by Gasteiger charge is -1.89. The lowest BCUT2D eigenvalue weighted by atomic mass is 10.2. The van der Waals surface area contributed by atoms with Crippen molar-refractivity contribution in [1.82, 2.24) is 4.98 Å². The van der Waals surface area contributed by atoms with E-state index >= 15 is 0 Å². The van der Waals surface area contributed by atoms with E-state index in [9.17, 15) is 0 Å². The Labute approximate surface area is 83.7 Å². The van der Waals surface area contributed by atoms with Crippen molar-refractivity contribution in [2.75, 3.05) is 0 Å². The highest BCUT2D eigenvalue weighted by Gasteiger charge is 1.96. The number of halogens is 1. The van der Waals surface area contributed by atoms with Crippen LogP contribution in [0.25, 0.3) is 10.9 Å². The van der Waals surface area contributed by atoms with Gasteiger partial charge >= 0.3 is 0 Å². The van der Waals surface area contributed by atoms with E-state index in [0.717, 1.165) is 8.60 Å². The fraction of sp³-hybridized carbons (Fsp3) is 0. The highest BCUT2D eigenvalue weighted by atomic mass is 127. The quantitative estimate of drug-likeness (QED) is 0.543. The fourth-order valence-electron chi connectivity index (χ4n) is 1.08. The molecule has 0 radical (unpaired) electrons. The van der Waals surface area contributed by atoms with Crippen molar-refractivity contribution in [3.05, 3.63) is 28.0 Å². The van der Waals surface area contributed by atoms with E-state index in [2.05, 4.69) is 52.3 Å². The molecule has 11 heavy (non-hydrogen) atoms. The molecule has 0 bridgehead atoms. The molecular formula is C8H6INS.